The molecular weight excluding hydrogens is 216 g/mol. The van der Waals surface area contributed by atoms with E-state index in [-0.39, 0.29) is 0 Å². The fourth-order valence-electron chi connectivity index (χ4n) is 1.81. The molecule has 0 atom stereocenters. The average Bonchev–Trinajstić information content (AvgIpc) is 2.38. The minimum atomic E-state index is 0.509. The topological polar surface area (TPSA) is 35.5 Å². The predicted molar refractivity (Wildman–Crippen MR) is 67.2 cm³/mol. The molecule has 0 spiro atoms. The Balaban J connectivity index is 2.15. The van der Waals surface area contributed by atoms with Crippen molar-refractivity contribution in [3.63, 3.8) is 0 Å². The molecule has 0 aliphatic heterocycles. The molecule has 0 heterocycles. The summed E-state index contributed by atoms with van der Waals surface area (Å²) in [5, 5.41) is 0. The quantitative estimate of drug-likeness (QED) is 0.488. The summed E-state index contributed by atoms with van der Waals surface area (Å²) >= 11 is 0. The van der Waals surface area contributed by atoms with Gasteiger partial charge in [0.25, 0.3) is 6.47 Å². The molecular formula is C14H20O3. The maximum atomic E-state index is 9.91. The molecule has 0 saturated heterocycles. The summed E-state index contributed by atoms with van der Waals surface area (Å²) in [4.78, 5) is 9.91. The molecule has 1 rings (SSSR count). The Hall–Kier alpha value is -1.51. The summed E-state index contributed by atoms with van der Waals surface area (Å²) in [5.41, 5.74) is 1.26. The molecule has 0 N–H and O–H groups in total. The highest BCUT2D eigenvalue weighted by molar-refractivity contribution is 5.36. The third-order valence-corrected chi connectivity index (χ3v) is 2.72. The van der Waals surface area contributed by atoms with Crippen molar-refractivity contribution in [2.75, 3.05) is 13.7 Å². The Labute approximate surface area is 103 Å². The van der Waals surface area contributed by atoms with Crippen LogP contribution in [0.5, 0.6) is 5.75 Å². The Morgan fingerprint density at radius 1 is 1.12 bits per heavy atom. The van der Waals surface area contributed by atoms with Gasteiger partial charge in [-0.3, -0.25) is 4.79 Å². The predicted octanol–water partition coefficient (Wildman–Crippen LogP) is 2.97. The van der Waals surface area contributed by atoms with Crippen LogP contribution in [0.4, 0.5) is 0 Å². The average molecular weight is 236 g/mol. The highest BCUT2D eigenvalue weighted by Crippen LogP contribution is 2.19. The van der Waals surface area contributed by atoms with E-state index < -0.39 is 0 Å². The second-order valence-corrected chi connectivity index (χ2v) is 3.94. The fraction of sp³-hybridized carbons (Fsp3) is 0.500. The van der Waals surface area contributed by atoms with Gasteiger partial charge in [0, 0.05) is 0 Å². The van der Waals surface area contributed by atoms with Crippen LogP contribution in [0.25, 0.3) is 0 Å². The standard InChI is InChI=1S/C14H20O3/c1-16-14-10-6-5-9-13(14)8-4-2-3-7-11-17-12-15/h5-6,9-10,12H,2-4,7-8,11H2,1H3. The van der Waals surface area contributed by atoms with Gasteiger partial charge in [-0.2, -0.15) is 0 Å². The highest BCUT2D eigenvalue weighted by Gasteiger charge is 2.00. The number of unbranched alkanes of at least 4 members (excludes halogenated alkanes) is 3. The molecule has 0 aliphatic rings. The van der Waals surface area contributed by atoms with Crippen LogP contribution >= 0.6 is 0 Å². The lowest BCUT2D eigenvalue weighted by Gasteiger charge is -2.07. The number of hydrogen-bond donors (Lipinski definition) is 0. The minimum absolute atomic E-state index is 0.509. The van der Waals surface area contributed by atoms with Crippen molar-refractivity contribution in [3.05, 3.63) is 29.8 Å². The zero-order chi connectivity index (χ0) is 12.3. The number of para-hydroxylation sites is 1. The van der Waals surface area contributed by atoms with Crippen LogP contribution in [0.1, 0.15) is 31.2 Å². The molecule has 1 aromatic carbocycles. The van der Waals surface area contributed by atoms with E-state index in [1.54, 1.807) is 7.11 Å². The molecule has 3 heteroatoms. The summed E-state index contributed by atoms with van der Waals surface area (Å²) in [6.07, 6.45) is 5.38. The van der Waals surface area contributed by atoms with Gasteiger partial charge < -0.3 is 9.47 Å². The molecule has 94 valence electrons. The first kappa shape index (κ1) is 13.6. The second-order valence-electron chi connectivity index (χ2n) is 3.94. The first-order chi connectivity index (χ1) is 8.38. The maximum absolute atomic E-state index is 9.91. The van der Waals surface area contributed by atoms with Crippen LogP contribution in [-0.4, -0.2) is 20.2 Å². The number of carbonyl (C=O) groups excluding carboxylic acids is 1. The Bertz CT molecular complexity index is 323. The van der Waals surface area contributed by atoms with E-state index in [1.807, 2.05) is 18.2 Å². The normalized spacial score (nSPS) is 9.94. The number of ether oxygens (including phenoxy) is 2. The van der Waals surface area contributed by atoms with Gasteiger partial charge in [-0.15, -0.1) is 0 Å². The molecule has 0 bridgehead atoms. The lowest BCUT2D eigenvalue weighted by Crippen LogP contribution is -1.94. The monoisotopic (exact) mass is 236 g/mol. The number of hydrogen-bond acceptors (Lipinski definition) is 3. The molecule has 0 radical (unpaired) electrons. The van der Waals surface area contributed by atoms with E-state index >= 15 is 0 Å². The summed E-state index contributed by atoms with van der Waals surface area (Å²) in [6, 6.07) is 8.12. The smallest absolute Gasteiger partial charge is 0.293 e. The third kappa shape index (κ3) is 5.38. The largest absolute Gasteiger partial charge is 0.496 e. The number of rotatable bonds is 9. The molecule has 0 saturated carbocycles. The first-order valence-corrected chi connectivity index (χ1v) is 6.05. The number of methoxy groups -OCH3 is 1. The molecule has 0 aliphatic carbocycles. The fourth-order valence-corrected chi connectivity index (χ4v) is 1.81. The SMILES string of the molecule is COc1ccccc1CCCCCCOC=O. The van der Waals surface area contributed by atoms with Crippen molar-refractivity contribution in [2.45, 2.75) is 32.1 Å². The third-order valence-electron chi connectivity index (χ3n) is 2.72. The second kappa shape index (κ2) is 8.62. The van der Waals surface area contributed by atoms with Crippen molar-refractivity contribution in [1.82, 2.24) is 0 Å². The van der Waals surface area contributed by atoms with Gasteiger partial charge in [0.05, 0.1) is 13.7 Å². The van der Waals surface area contributed by atoms with E-state index in [0.29, 0.717) is 13.1 Å². The molecule has 0 unspecified atom stereocenters. The lowest BCUT2D eigenvalue weighted by molar-refractivity contribution is -0.128. The van der Waals surface area contributed by atoms with Crippen LogP contribution < -0.4 is 4.74 Å². The van der Waals surface area contributed by atoms with E-state index in [4.69, 9.17) is 4.74 Å². The van der Waals surface area contributed by atoms with Gasteiger partial charge in [0.15, 0.2) is 0 Å². The van der Waals surface area contributed by atoms with E-state index in [2.05, 4.69) is 10.8 Å². The van der Waals surface area contributed by atoms with Crippen LogP contribution in [0.2, 0.25) is 0 Å². The molecule has 0 fully saturated rings. The molecule has 1 aromatic rings. The zero-order valence-electron chi connectivity index (χ0n) is 10.4. The Kier molecular flexibility index (Phi) is 6.87. The van der Waals surface area contributed by atoms with Crippen LogP contribution in [-0.2, 0) is 16.0 Å². The van der Waals surface area contributed by atoms with Crippen molar-refractivity contribution >= 4 is 6.47 Å². The van der Waals surface area contributed by atoms with E-state index in [0.717, 1.165) is 37.9 Å². The number of benzene rings is 1. The highest BCUT2D eigenvalue weighted by atomic mass is 16.5. The van der Waals surface area contributed by atoms with Crippen molar-refractivity contribution < 1.29 is 14.3 Å². The Morgan fingerprint density at radius 3 is 2.65 bits per heavy atom. The summed E-state index contributed by atoms with van der Waals surface area (Å²) in [5.74, 6) is 0.969. The summed E-state index contributed by atoms with van der Waals surface area (Å²) in [6.45, 7) is 1.05. The van der Waals surface area contributed by atoms with Crippen LogP contribution in [0.15, 0.2) is 24.3 Å². The van der Waals surface area contributed by atoms with Crippen molar-refractivity contribution in [3.8, 4) is 5.75 Å². The van der Waals surface area contributed by atoms with Gasteiger partial charge >= 0.3 is 0 Å². The molecule has 0 aromatic heterocycles. The molecule has 17 heavy (non-hydrogen) atoms. The van der Waals surface area contributed by atoms with Gasteiger partial charge in [-0.05, 0) is 30.9 Å². The van der Waals surface area contributed by atoms with Crippen molar-refractivity contribution in [1.29, 1.82) is 0 Å². The minimum Gasteiger partial charge on any atom is -0.496 e. The van der Waals surface area contributed by atoms with Crippen molar-refractivity contribution in [2.24, 2.45) is 0 Å². The maximum Gasteiger partial charge on any atom is 0.293 e. The van der Waals surface area contributed by atoms with E-state index in [9.17, 15) is 4.79 Å². The van der Waals surface area contributed by atoms with E-state index in [1.165, 1.54) is 5.56 Å². The zero-order valence-corrected chi connectivity index (χ0v) is 10.4. The van der Waals surface area contributed by atoms with Gasteiger partial charge in [-0.25, -0.2) is 0 Å². The molecule has 0 amide bonds. The van der Waals surface area contributed by atoms with Gasteiger partial charge in [0.1, 0.15) is 5.75 Å². The number of carbonyl (C=O) groups is 1. The Morgan fingerprint density at radius 2 is 1.88 bits per heavy atom. The first-order valence-electron chi connectivity index (χ1n) is 6.05. The molecule has 3 nitrogen and oxygen atoms in total. The van der Waals surface area contributed by atoms with Crippen LogP contribution in [0.3, 0.4) is 0 Å². The number of aryl methyl sites for hydroxylation is 1. The van der Waals surface area contributed by atoms with Gasteiger partial charge in [0.2, 0.25) is 0 Å². The van der Waals surface area contributed by atoms with Gasteiger partial charge in [-0.1, -0.05) is 31.0 Å². The van der Waals surface area contributed by atoms with Crippen LogP contribution in [0, 0.1) is 0 Å². The summed E-state index contributed by atoms with van der Waals surface area (Å²) < 4.78 is 9.93. The summed E-state index contributed by atoms with van der Waals surface area (Å²) in [7, 11) is 1.70. The lowest BCUT2D eigenvalue weighted by atomic mass is 10.1.